The Morgan fingerprint density at radius 3 is 2.53 bits per heavy atom. The summed E-state index contributed by atoms with van der Waals surface area (Å²) in [6, 6.07) is 0.132. The van der Waals surface area contributed by atoms with Crippen molar-refractivity contribution in [1.29, 1.82) is 0 Å². The van der Waals surface area contributed by atoms with E-state index in [9.17, 15) is 9.59 Å². The molecule has 0 aromatic carbocycles. The molecule has 0 spiro atoms. The minimum atomic E-state index is -0.502. The predicted octanol–water partition coefficient (Wildman–Crippen LogP) is 0.646. The van der Waals surface area contributed by atoms with Crippen molar-refractivity contribution in [1.82, 2.24) is 10.6 Å². The molecule has 1 fully saturated rings. The molecular formula is C10H18N2O3. The van der Waals surface area contributed by atoms with Gasteiger partial charge in [0.15, 0.2) is 0 Å². The number of rotatable bonds is 2. The Morgan fingerprint density at radius 1 is 1.53 bits per heavy atom. The molecule has 0 aliphatic carbocycles. The molecule has 86 valence electrons. The van der Waals surface area contributed by atoms with Gasteiger partial charge in [0.05, 0.1) is 5.92 Å². The second-order valence-corrected chi connectivity index (χ2v) is 4.79. The Bertz CT molecular complexity index is 270. The predicted molar refractivity (Wildman–Crippen MR) is 55.3 cm³/mol. The highest BCUT2D eigenvalue weighted by Crippen LogP contribution is 2.13. The van der Waals surface area contributed by atoms with E-state index in [1.165, 1.54) is 0 Å². The fourth-order valence-electron chi connectivity index (χ4n) is 1.34. The molecule has 1 aliphatic heterocycles. The van der Waals surface area contributed by atoms with Crippen LogP contribution in [0.1, 0.15) is 27.7 Å². The van der Waals surface area contributed by atoms with Crippen molar-refractivity contribution in [3.63, 3.8) is 0 Å². The fraction of sp³-hybridized carbons (Fsp3) is 0.800. The molecule has 5 nitrogen and oxygen atoms in total. The first kappa shape index (κ1) is 11.8. The van der Waals surface area contributed by atoms with Gasteiger partial charge in [-0.1, -0.05) is 0 Å². The summed E-state index contributed by atoms with van der Waals surface area (Å²) in [6.07, 6.45) is -0.477. The van der Waals surface area contributed by atoms with Gasteiger partial charge in [0.1, 0.15) is 5.60 Å². The highest BCUT2D eigenvalue weighted by molar-refractivity contribution is 5.86. The number of carbonyl (C=O) groups is 2. The van der Waals surface area contributed by atoms with E-state index in [1.54, 1.807) is 20.8 Å². The number of carbonyl (C=O) groups excluding carboxylic acids is 2. The molecule has 0 aromatic rings. The normalized spacial score (nSPS) is 25.2. The van der Waals surface area contributed by atoms with Crippen molar-refractivity contribution >= 4 is 12.0 Å². The van der Waals surface area contributed by atoms with E-state index < -0.39 is 11.7 Å². The second-order valence-electron chi connectivity index (χ2n) is 4.79. The Labute approximate surface area is 89.6 Å². The van der Waals surface area contributed by atoms with E-state index >= 15 is 0 Å². The third-order valence-electron chi connectivity index (χ3n) is 2.18. The molecule has 5 heteroatoms. The van der Waals surface area contributed by atoms with Gasteiger partial charge >= 0.3 is 6.09 Å². The number of hydrogen-bond donors (Lipinski definition) is 2. The SMILES string of the molecule is C[C@@H]1NC(=O)[C@@H]1CNC(=O)OC(C)(C)C. The van der Waals surface area contributed by atoms with Crippen molar-refractivity contribution < 1.29 is 14.3 Å². The quantitative estimate of drug-likeness (QED) is 0.663. The summed E-state index contributed by atoms with van der Waals surface area (Å²) >= 11 is 0. The lowest BCUT2D eigenvalue weighted by molar-refractivity contribution is -0.134. The van der Waals surface area contributed by atoms with E-state index in [0.717, 1.165) is 0 Å². The van der Waals surface area contributed by atoms with Crippen molar-refractivity contribution in [2.75, 3.05) is 6.54 Å². The maximum Gasteiger partial charge on any atom is 0.407 e. The Hall–Kier alpha value is -1.26. The lowest BCUT2D eigenvalue weighted by atomic mass is 9.92. The van der Waals surface area contributed by atoms with Gasteiger partial charge in [0.2, 0.25) is 5.91 Å². The average molecular weight is 214 g/mol. The van der Waals surface area contributed by atoms with Crippen LogP contribution in [-0.4, -0.2) is 30.2 Å². The van der Waals surface area contributed by atoms with Gasteiger partial charge in [0.25, 0.3) is 0 Å². The monoisotopic (exact) mass is 214 g/mol. The zero-order chi connectivity index (χ0) is 11.6. The summed E-state index contributed by atoms with van der Waals surface area (Å²) in [7, 11) is 0. The Morgan fingerprint density at radius 2 is 2.13 bits per heavy atom. The van der Waals surface area contributed by atoms with Gasteiger partial charge in [-0.3, -0.25) is 4.79 Å². The smallest absolute Gasteiger partial charge is 0.407 e. The molecule has 2 amide bonds. The van der Waals surface area contributed by atoms with Crippen LogP contribution >= 0.6 is 0 Å². The summed E-state index contributed by atoms with van der Waals surface area (Å²) in [5.41, 5.74) is -0.502. The first-order valence-corrected chi connectivity index (χ1v) is 5.07. The summed E-state index contributed by atoms with van der Waals surface area (Å²) in [6.45, 7) is 7.63. The van der Waals surface area contributed by atoms with Crippen LogP contribution < -0.4 is 10.6 Å². The van der Waals surface area contributed by atoms with Crippen molar-refractivity contribution in [3.05, 3.63) is 0 Å². The maximum atomic E-state index is 11.3. The summed E-state index contributed by atoms with van der Waals surface area (Å²) in [5, 5.41) is 5.28. The average Bonchev–Trinajstić information content (AvgIpc) is 2.00. The first-order chi connectivity index (χ1) is 6.79. The molecule has 1 rings (SSSR count). The summed E-state index contributed by atoms with van der Waals surface area (Å²) in [4.78, 5) is 22.3. The Kier molecular flexibility index (Phi) is 3.21. The van der Waals surface area contributed by atoms with Gasteiger partial charge < -0.3 is 15.4 Å². The molecule has 0 radical (unpaired) electrons. The molecule has 1 saturated heterocycles. The van der Waals surface area contributed by atoms with Crippen molar-refractivity contribution in [3.8, 4) is 0 Å². The third kappa shape index (κ3) is 3.42. The van der Waals surface area contributed by atoms with Gasteiger partial charge in [-0.2, -0.15) is 0 Å². The lowest BCUT2D eigenvalue weighted by Gasteiger charge is -2.34. The van der Waals surface area contributed by atoms with Crippen LogP contribution in [0.3, 0.4) is 0 Å². The minimum Gasteiger partial charge on any atom is -0.444 e. The zero-order valence-corrected chi connectivity index (χ0v) is 9.59. The molecule has 15 heavy (non-hydrogen) atoms. The molecular weight excluding hydrogens is 196 g/mol. The van der Waals surface area contributed by atoms with Crippen LogP contribution in [0.25, 0.3) is 0 Å². The number of amides is 2. The molecule has 0 unspecified atom stereocenters. The fourth-order valence-corrected chi connectivity index (χ4v) is 1.34. The van der Waals surface area contributed by atoms with Crippen LogP contribution in [0.2, 0.25) is 0 Å². The maximum absolute atomic E-state index is 11.3. The van der Waals surface area contributed by atoms with E-state index in [2.05, 4.69) is 10.6 Å². The lowest BCUT2D eigenvalue weighted by Crippen LogP contribution is -2.60. The van der Waals surface area contributed by atoms with Gasteiger partial charge in [-0.15, -0.1) is 0 Å². The number of β-lactam (4-membered cyclic amide) rings is 1. The molecule has 1 aliphatic rings. The number of nitrogens with one attached hydrogen (secondary N) is 2. The van der Waals surface area contributed by atoms with Gasteiger partial charge in [0, 0.05) is 12.6 Å². The van der Waals surface area contributed by atoms with E-state index in [-0.39, 0.29) is 17.9 Å². The highest BCUT2D eigenvalue weighted by atomic mass is 16.6. The zero-order valence-electron chi connectivity index (χ0n) is 9.59. The van der Waals surface area contributed by atoms with Crippen molar-refractivity contribution in [2.24, 2.45) is 5.92 Å². The second kappa shape index (κ2) is 4.08. The van der Waals surface area contributed by atoms with E-state index in [4.69, 9.17) is 4.74 Å². The van der Waals surface area contributed by atoms with Crippen LogP contribution in [0.4, 0.5) is 4.79 Å². The van der Waals surface area contributed by atoms with Crippen molar-refractivity contribution in [2.45, 2.75) is 39.3 Å². The third-order valence-corrected chi connectivity index (χ3v) is 2.18. The van der Waals surface area contributed by atoms with Gasteiger partial charge in [-0.05, 0) is 27.7 Å². The number of hydrogen-bond acceptors (Lipinski definition) is 3. The standard InChI is InChI=1S/C10H18N2O3/c1-6-7(8(13)12-6)5-11-9(14)15-10(2,3)4/h6-7H,5H2,1-4H3,(H,11,14)(H,12,13)/t6-,7+/m0/s1. The largest absolute Gasteiger partial charge is 0.444 e. The van der Waals surface area contributed by atoms with E-state index in [0.29, 0.717) is 6.54 Å². The van der Waals surface area contributed by atoms with Crippen LogP contribution in [0.15, 0.2) is 0 Å². The van der Waals surface area contributed by atoms with Gasteiger partial charge in [-0.25, -0.2) is 4.79 Å². The minimum absolute atomic E-state index is 0.0152. The van der Waals surface area contributed by atoms with Crippen LogP contribution in [-0.2, 0) is 9.53 Å². The highest BCUT2D eigenvalue weighted by Gasteiger charge is 2.35. The molecule has 1 heterocycles. The summed E-state index contributed by atoms with van der Waals surface area (Å²) in [5.74, 6) is -0.143. The number of alkyl carbamates (subject to hydrolysis) is 1. The topological polar surface area (TPSA) is 67.4 Å². The molecule has 0 saturated carbocycles. The number of ether oxygens (including phenoxy) is 1. The molecule has 0 aromatic heterocycles. The molecule has 2 N–H and O–H groups in total. The first-order valence-electron chi connectivity index (χ1n) is 5.07. The molecule has 0 bridgehead atoms. The Balaban J connectivity index is 2.25. The van der Waals surface area contributed by atoms with Crippen LogP contribution in [0, 0.1) is 5.92 Å². The van der Waals surface area contributed by atoms with Crippen LogP contribution in [0.5, 0.6) is 0 Å². The molecule has 2 atom stereocenters. The van der Waals surface area contributed by atoms with E-state index in [1.807, 2.05) is 6.92 Å². The summed E-state index contributed by atoms with van der Waals surface area (Å²) < 4.78 is 5.05.